The predicted octanol–water partition coefficient (Wildman–Crippen LogP) is 1.76. The number of hydrogen-bond acceptors (Lipinski definition) is 6. The third-order valence-electron chi connectivity index (χ3n) is 4.00. The molecule has 3 aromatic carbocycles. The number of nitrogens with one attached hydrogen (secondary N) is 5. The van der Waals surface area contributed by atoms with E-state index in [9.17, 15) is 8.42 Å². The SMILES string of the molecule is O=S(=O)(Nc1cccc(C2NNNN2)c1)c1ccc2ccccc2c1. The molecule has 8 heteroatoms. The number of hydrogen-bond donors (Lipinski definition) is 5. The molecule has 0 atom stereocenters. The zero-order valence-electron chi connectivity index (χ0n) is 13.2. The minimum absolute atomic E-state index is 0.162. The van der Waals surface area contributed by atoms with Gasteiger partial charge in [0.05, 0.1) is 4.90 Å². The normalized spacial score (nSPS) is 15.5. The van der Waals surface area contributed by atoms with Crippen LogP contribution in [-0.4, -0.2) is 8.42 Å². The molecule has 0 saturated carbocycles. The van der Waals surface area contributed by atoms with Gasteiger partial charge in [-0.05, 0) is 40.6 Å². The molecule has 0 amide bonds. The Balaban J connectivity index is 1.63. The Morgan fingerprint density at radius 3 is 2.36 bits per heavy atom. The summed E-state index contributed by atoms with van der Waals surface area (Å²) in [5, 5.41) is 1.89. The molecule has 1 aliphatic heterocycles. The van der Waals surface area contributed by atoms with Crippen LogP contribution in [-0.2, 0) is 10.0 Å². The largest absolute Gasteiger partial charge is 0.280 e. The van der Waals surface area contributed by atoms with Crippen LogP contribution in [0.5, 0.6) is 0 Å². The molecular weight excluding hydrogens is 338 g/mol. The summed E-state index contributed by atoms with van der Waals surface area (Å²) >= 11 is 0. The van der Waals surface area contributed by atoms with Crippen molar-refractivity contribution in [1.82, 2.24) is 21.9 Å². The fourth-order valence-corrected chi connectivity index (χ4v) is 3.83. The monoisotopic (exact) mass is 355 g/mol. The van der Waals surface area contributed by atoms with Crippen molar-refractivity contribution in [2.75, 3.05) is 4.72 Å². The zero-order chi connectivity index (χ0) is 17.3. The zero-order valence-corrected chi connectivity index (χ0v) is 14.0. The molecule has 5 N–H and O–H groups in total. The minimum atomic E-state index is -3.67. The Morgan fingerprint density at radius 1 is 0.800 bits per heavy atom. The van der Waals surface area contributed by atoms with Crippen molar-refractivity contribution in [3.63, 3.8) is 0 Å². The maximum atomic E-state index is 12.7. The first-order valence-corrected chi connectivity index (χ1v) is 9.23. The predicted molar refractivity (Wildman–Crippen MR) is 96.5 cm³/mol. The summed E-state index contributed by atoms with van der Waals surface area (Å²) in [4.78, 5) is 0.233. The number of sulfonamides is 1. The van der Waals surface area contributed by atoms with Crippen LogP contribution < -0.4 is 26.6 Å². The molecule has 0 spiro atoms. The topological polar surface area (TPSA) is 94.3 Å². The van der Waals surface area contributed by atoms with Gasteiger partial charge < -0.3 is 0 Å². The average Bonchev–Trinajstić information content (AvgIpc) is 3.16. The lowest BCUT2D eigenvalue weighted by molar-refractivity contribution is 0.555. The maximum Gasteiger partial charge on any atom is 0.261 e. The van der Waals surface area contributed by atoms with Crippen LogP contribution in [0.1, 0.15) is 11.7 Å². The molecule has 1 saturated heterocycles. The van der Waals surface area contributed by atoms with Crippen molar-refractivity contribution < 1.29 is 8.42 Å². The highest BCUT2D eigenvalue weighted by molar-refractivity contribution is 7.92. The van der Waals surface area contributed by atoms with E-state index in [1.165, 1.54) is 0 Å². The Morgan fingerprint density at radius 2 is 1.56 bits per heavy atom. The molecule has 25 heavy (non-hydrogen) atoms. The summed E-state index contributed by atoms with van der Waals surface area (Å²) in [7, 11) is -3.67. The molecule has 4 rings (SSSR count). The van der Waals surface area contributed by atoms with Gasteiger partial charge in [-0.1, -0.05) is 42.5 Å². The molecule has 0 unspecified atom stereocenters. The molecule has 0 aliphatic carbocycles. The van der Waals surface area contributed by atoms with E-state index in [1.807, 2.05) is 36.4 Å². The first-order chi connectivity index (χ1) is 12.1. The minimum Gasteiger partial charge on any atom is -0.280 e. The third-order valence-corrected chi connectivity index (χ3v) is 5.38. The number of hydrazine groups is 3. The second-order valence-electron chi connectivity index (χ2n) is 5.71. The summed E-state index contributed by atoms with van der Waals surface area (Å²) in [6.07, 6.45) is -0.162. The van der Waals surface area contributed by atoms with E-state index in [1.54, 1.807) is 30.3 Å². The van der Waals surface area contributed by atoms with Crippen molar-refractivity contribution >= 4 is 26.5 Å². The van der Waals surface area contributed by atoms with Gasteiger partial charge in [-0.2, -0.15) is 11.1 Å². The van der Waals surface area contributed by atoms with Crippen LogP contribution in [0.15, 0.2) is 71.6 Å². The van der Waals surface area contributed by atoms with Crippen molar-refractivity contribution in [3.8, 4) is 0 Å². The number of benzene rings is 3. The van der Waals surface area contributed by atoms with Gasteiger partial charge in [-0.25, -0.2) is 19.3 Å². The van der Waals surface area contributed by atoms with Gasteiger partial charge in [0.1, 0.15) is 6.17 Å². The van der Waals surface area contributed by atoms with Crippen molar-refractivity contribution in [1.29, 1.82) is 0 Å². The maximum absolute atomic E-state index is 12.7. The van der Waals surface area contributed by atoms with E-state index in [4.69, 9.17) is 0 Å². The molecular formula is C17H17N5O2S. The van der Waals surface area contributed by atoms with E-state index in [0.29, 0.717) is 5.69 Å². The quantitative estimate of drug-likeness (QED) is 0.490. The highest BCUT2D eigenvalue weighted by Crippen LogP contribution is 2.23. The molecule has 3 aromatic rings. The second kappa shape index (κ2) is 6.43. The summed E-state index contributed by atoms with van der Waals surface area (Å²) in [6.45, 7) is 0. The smallest absolute Gasteiger partial charge is 0.261 e. The lowest BCUT2D eigenvalue weighted by atomic mass is 10.1. The van der Waals surface area contributed by atoms with Gasteiger partial charge in [0.2, 0.25) is 0 Å². The summed E-state index contributed by atoms with van der Waals surface area (Å²) in [5.41, 5.74) is 12.8. The van der Waals surface area contributed by atoms with Crippen LogP contribution in [0.3, 0.4) is 0 Å². The van der Waals surface area contributed by atoms with Crippen LogP contribution in [0.25, 0.3) is 10.8 Å². The van der Waals surface area contributed by atoms with Gasteiger partial charge in [0.15, 0.2) is 0 Å². The highest BCUT2D eigenvalue weighted by Gasteiger charge is 2.18. The standard InChI is InChI=1S/C17H17N5O2S/c23-25(24,16-9-8-12-4-1-2-5-13(12)11-16)20-15-7-3-6-14(10-15)17-18-21-22-19-17/h1-11,17-22H. The molecule has 128 valence electrons. The van der Waals surface area contributed by atoms with Crippen molar-refractivity contribution in [3.05, 3.63) is 72.3 Å². The van der Waals surface area contributed by atoms with Gasteiger partial charge in [0, 0.05) is 5.69 Å². The van der Waals surface area contributed by atoms with Crippen LogP contribution in [0.4, 0.5) is 5.69 Å². The summed E-state index contributed by atoms with van der Waals surface area (Å²) < 4.78 is 28.1. The van der Waals surface area contributed by atoms with E-state index >= 15 is 0 Å². The number of fused-ring (bicyclic) bond motifs is 1. The lowest BCUT2D eigenvalue weighted by Gasteiger charge is -2.13. The van der Waals surface area contributed by atoms with Crippen LogP contribution in [0, 0.1) is 0 Å². The van der Waals surface area contributed by atoms with Crippen LogP contribution in [0.2, 0.25) is 0 Å². The number of anilines is 1. The van der Waals surface area contributed by atoms with Gasteiger partial charge in [-0.3, -0.25) is 4.72 Å². The molecule has 1 aliphatic rings. The van der Waals surface area contributed by atoms with Crippen molar-refractivity contribution in [2.45, 2.75) is 11.1 Å². The van der Waals surface area contributed by atoms with E-state index in [-0.39, 0.29) is 11.1 Å². The Labute approximate surface area is 145 Å². The Hall–Kier alpha value is -2.49. The average molecular weight is 355 g/mol. The van der Waals surface area contributed by atoms with E-state index in [0.717, 1.165) is 16.3 Å². The Kier molecular flexibility index (Phi) is 4.12. The fraction of sp³-hybridized carbons (Fsp3) is 0.0588. The Bertz CT molecular complexity index is 1020. The van der Waals surface area contributed by atoms with Gasteiger partial charge in [0.25, 0.3) is 10.0 Å². The molecule has 7 nitrogen and oxygen atoms in total. The molecule has 1 fully saturated rings. The first-order valence-electron chi connectivity index (χ1n) is 7.74. The van der Waals surface area contributed by atoms with E-state index < -0.39 is 10.0 Å². The van der Waals surface area contributed by atoms with Crippen LogP contribution >= 0.6 is 0 Å². The molecule has 0 bridgehead atoms. The third kappa shape index (κ3) is 3.34. The first kappa shape index (κ1) is 16.0. The molecule has 1 heterocycles. The molecule has 0 aromatic heterocycles. The highest BCUT2D eigenvalue weighted by atomic mass is 32.2. The fourth-order valence-electron chi connectivity index (χ4n) is 2.75. The van der Waals surface area contributed by atoms with Gasteiger partial charge in [-0.15, -0.1) is 0 Å². The number of rotatable bonds is 4. The van der Waals surface area contributed by atoms with Crippen molar-refractivity contribution in [2.24, 2.45) is 0 Å². The lowest BCUT2D eigenvalue weighted by Crippen LogP contribution is -2.33. The van der Waals surface area contributed by atoms with Gasteiger partial charge >= 0.3 is 0 Å². The van der Waals surface area contributed by atoms with E-state index in [2.05, 4.69) is 26.6 Å². The molecule has 0 radical (unpaired) electrons. The second-order valence-corrected chi connectivity index (χ2v) is 7.39. The summed E-state index contributed by atoms with van der Waals surface area (Å²) in [6, 6.07) is 20.0. The summed E-state index contributed by atoms with van der Waals surface area (Å²) in [5.74, 6) is 0.